The third-order valence-corrected chi connectivity index (χ3v) is 4.26. The Labute approximate surface area is 187 Å². The Morgan fingerprint density at radius 3 is 2.17 bits per heavy atom. The van der Waals surface area contributed by atoms with Gasteiger partial charge < -0.3 is 20.4 Å². The van der Waals surface area contributed by atoms with Crippen LogP contribution in [0.25, 0.3) is 0 Å². The van der Waals surface area contributed by atoms with Crippen LogP contribution in [0.4, 0.5) is 0 Å². The van der Waals surface area contributed by atoms with Gasteiger partial charge in [0.15, 0.2) is 5.84 Å². The second-order valence-electron chi connectivity index (χ2n) is 6.89. The van der Waals surface area contributed by atoms with Crippen molar-refractivity contribution in [2.45, 2.75) is 73.5 Å². The number of fused-ring (bicyclic) bond motifs is 1. The van der Waals surface area contributed by atoms with Gasteiger partial charge in [-0.1, -0.05) is 84.6 Å². The van der Waals surface area contributed by atoms with Crippen molar-refractivity contribution < 1.29 is 0 Å². The van der Waals surface area contributed by atoms with E-state index >= 15 is 0 Å². The standard InChI is InChI=1S/C18H26N4.C3H9N.2C2H6/c1-7-9-10-15(8-2)11-12-17-19-18-16(13-20(17)4)21(5)14(3)22(18)6;1-3(2)4;2*1-2/h7-10,13,17H,1,3,11-12H2,2,4-6H3;3H,4H2,1-2H3;2*1-2H3/b10-9-,15-8+;;;. The SMILES string of the molecule is C=C/C=C\C(=C/C)CCC1N=C2C(=CN1C)N(C)C(=C)N2C.CC.CC.CC(C)N. The Hall–Kier alpha value is -2.27. The van der Waals surface area contributed by atoms with Gasteiger partial charge in [-0.05, 0) is 25.8 Å². The molecule has 0 saturated carbocycles. The number of hydrogen-bond acceptors (Lipinski definition) is 5. The molecule has 1 unspecified atom stereocenters. The minimum atomic E-state index is 0.160. The fourth-order valence-corrected chi connectivity index (χ4v) is 2.70. The molecule has 1 atom stereocenters. The van der Waals surface area contributed by atoms with Gasteiger partial charge in [0.1, 0.15) is 17.7 Å². The Kier molecular flexibility index (Phi) is 16.5. The highest BCUT2D eigenvalue weighted by molar-refractivity contribution is 6.01. The van der Waals surface area contributed by atoms with Crippen molar-refractivity contribution in [3.8, 4) is 0 Å². The van der Waals surface area contributed by atoms with Crippen LogP contribution in [-0.4, -0.2) is 53.9 Å². The molecule has 1 saturated heterocycles. The molecule has 172 valence electrons. The summed E-state index contributed by atoms with van der Waals surface area (Å²) in [6.45, 7) is 21.8. The largest absolute Gasteiger partial charge is 0.357 e. The molecule has 2 aliphatic heterocycles. The van der Waals surface area contributed by atoms with E-state index in [9.17, 15) is 0 Å². The summed E-state index contributed by atoms with van der Waals surface area (Å²) in [5, 5.41) is 0. The van der Waals surface area contributed by atoms with Crippen molar-refractivity contribution >= 4 is 5.84 Å². The zero-order valence-corrected chi connectivity index (χ0v) is 21.2. The Morgan fingerprint density at radius 2 is 1.70 bits per heavy atom. The van der Waals surface area contributed by atoms with Gasteiger partial charge in [0, 0.05) is 27.3 Å². The molecule has 0 amide bonds. The zero-order chi connectivity index (χ0) is 23.9. The highest BCUT2D eigenvalue weighted by Crippen LogP contribution is 2.30. The van der Waals surface area contributed by atoms with E-state index < -0.39 is 0 Å². The quantitative estimate of drug-likeness (QED) is 0.581. The summed E-state index contributed by atoms with van der Waals surface area (Å²) < 4.78 is 0. The van der Waals surface area contributed by atoms with Gasteiger partial charge >= 0.3 is 0 Å². The predicted molar refractivity (Wildman–Crippen MR) is 136 cm³/mol. The number of aliphatic imine (C=N–C) groups is 1. The topological polar surface area (TPSA) is 48.1 Å². The molecule has 2 N–H and O–H groups in total. The molecule has 5 heteroatoms. The molecule has 2 aliphatic rings. The summed E-state index contributed by atoms with van der Waals surface area (Å²) in [6.07, 6.45) is 12.3. The summed E-state index contributed by atoms with van der Waals surface area (Å²) in [6, 6.07) is 0.333. The molecule has 0 radical (unpaired) electrons. The average Bonchev–Trinajstić information content (AvgIpc) is 2.94. The number of likely N-dealkylation sites (N-methyl/N-ethyl adjacent to an activating group) is 2. The lowest BCUT2D eigenvalue weighted by molar-refractivity contribution is 0.310. The van der Waals surface area contributed by atoms with Gasteiger partial charge in [0.25, 0.3) is 0 Å². The number of hydrogen-bond donors (Lipinski definition) is 1. The first-order valence-electron chi connectivity index (χ1n) is 11.1. The van der Waals surface area contributed by atoms with E-state index in [1.54, 1.807) is 6.08 Å². The Balaban J connectivity index is 0. The maximum Gasteiger partial charge on any atom is 0.156 e. The number of nitrogens with two attached hydrogens (primary N) is 1. The second-order valence-corrected chi connectivity index (χ2v) is 6.89. The first kappa shape index (κ1) is 29.9. The van der Waals surface area contributed by atoms with Crippen LogP contribution >= 0.6 is 0 Å². The molecule has 2 heterocycles. The van der Waals surface area contributed by atoms with Crippen molar-refractivity contribution in [1.29, 1.82) is 0 Å². The highest BCUT2D eigenvalue weighted by atomic mass is 15.4. The predicted octanol–water partition coefficient (Wildman–Crippen LogP) is 5.72. The van der Waals surface area contributed by atoms with Crippen LogP contribution in [0.3, 0.4) is 0 Å². The fourth-order valence-electron chi connectivity index (χ4n) is 2.70. The molecular weight excluding hydrogens is 370 g/mol. The normalized spacial score (nSPS) is 17.9. The van der Waals surface area contributed by atoms with Crippen molar-refractivity contribution in [1.82, 2.24) is 14.7 Å². The van der Waals surface area contributed by atoms with Crippen LogP contribution in [0.5, 0.6) is 0 Å². The van der Waals surface area contributed by atoms with E-state index in [1.165, 1.54) is 5.57 Å². The number of rotatable bonds is 5. The van der Waals surface area contributed by atoms with Gasteiger partial charge in [0.05, 0.1) is 0 Å². The molecule has 0 aromatic carbocycles. The van der Waals surface area contributed by atoms with E-state index in [4.69, 9.17) is 10.7 Å². The van der Waals surface area contributed by atoms with E-state index in [0.717, 1.165) is 30.2 Å². The molecule has 30 heavy (non-hydrogen) atoms. The summed E-state index contributed by atoms with van der Waals surface area (Å²) >= 11 is 0. The number of nitrogens with zero attached hydrogens (tertiary/aromatic N) is 4. The van der Waals surface area contributed by atoms with Crippen molar-refractivity contribution in [2.24, 2.45) is 10.7 Å². The van der Waals surface area contributed by atoms with Crippen LogP contribution in [0.15, 0.2) is 65.7 Å². The molecule has 5 nitrogen and oxygen atoms in total. The highest BCUT2D eigenvalue weighted by Gasteiger charge is 2.34. The molecule has 0 aromatic rings. The lowest BCUT2D eigenvalue weighted by Gasteiger charge is -2.29. The third kappa shape index (κ3) is 9.49. The van der Waals surface area contributed by atoms with Crippen LogP contribution in [0, 0.1) is 0 Å². The Morgan fingerprint density at radius 1 is 1.17 bits per heavy atom. The molecule has 0 bridgehead atoms. The van der Waals surface area contributed by atoms with Crippen LogP contribution in [-0.2, 0) is 0 Å². The second kappa shape index (κ2) is 16.5. The smallest absolute Gasteiger partial charge is 0.156 e. The third-order valence-electron chi connectivity index (χ3n) is 4.26. The summed E-state index contributed by atoms with van der Waals surface area (Å²) in [4.78, 5) is 11.2. The molecular formula is C25H47N5. The van der Waals surface area contributed by atoms with Crippen molar-refractivity contribution in [3.63, 3.8) is 0 Å². The number of amidine groups is 1. The summed E-state index contributed by atoms with van der Waals surface area (Å²) in [5.74, 6) is 1.97. The zero-order valence-electron chi connectivity index (χ0n) is 21.2. The molecule has 0 aliphatic carbocycles. The van der Waals surface area contributed by atoms with Crippen molar-refractivity contribution in [3.05, 3.63) is 60.8 Å². The van der Waals surface area contributed by atoms with Gasteiger partial charge in [-0.15, -0.1) is 0 Å². The van der Waals surface area contributed by atoms with E-state index in [-0.39, 0.29) is 6.17 Å². The molecule has 0 spiro atoms. The molecule has 0 aromatic heterocycles. The maximum atomic E-state index is 5.11. The van der Waals surface area contributed by atoms with Gasteiger partial charge in [-0.2, -0.15) is 0 Å². The van der Waals surface area contributed by atoms with Crippen LogP contribution < -0.4 is 5.73 Å². The van der Waals surface area contributed by atoms with E-state index in [1.807, 2.05) is 61.7 Å². The first-order valence-corrected chi connectivity index (χ1v) is 11.1. The fraction of sp³-hybridized carbons (Fsp3) is 0.560. The van der Waals surface area contributed by atoms with Crippen LogP contribution in [0.2, 0.25) is 0 Å². The van der Waals surface area contributed by atoms with Gasteiger partial charge in [-0.25, -0.2) is 4.99 Å². The number of allylic oxidation sites excluding steroid dienone is 5. The van der Waals surface area contributed by atoms with Gasteiger partial charge in [-0.3, -0.25) is 0 Å². The average molecular weight is 418 g/mol. The molecule has 1 fully saturated rings. The minimum Gasteiger partial charge on any atom is -0.357 e. The van der Waals surface area contributed by atoms with E-state index in [2.05, 4.69) is 60.2 Å². The summed E-state index contributed by atoms with van der Waals surface area (Å²) in [5.41, 5.74) is 7.54. The van der Waals surface area contributed by atoms with Crippen LogP contribution in [0.1, 0.15) is 61.3 Å². The van der Waals surface area contributed by atoms with Gasteiger partial charge in [0.2, 0.25) is 0 Å². The minimum absolute atomic E-state index is 0.160. The monoisotopic (exact) mass is 417 g/mol. The first-order chi connectivity index (χ1) is 14.2. The maximum absolute atomic E-state index is 5.11. The summed E-state index contributed by atoms with van der Waals surface area (Å²) in [7, 11) is 6.13. The van der Waals surface area contributed by atoms with E-state index in [0.29, 0.717) is 6.04 Å². The Bertz CT molecular complexity index is 623. The molecule has 2 rings (SSSR count). The van der Waals surface area contributed by atoms with Crippen molar-refractivity contribution in [2.75, 3.05) is 21.1 Å². The lowest BCUT2D eigenvalue weighted by Crippen LogP contribution is -2.34. The lowest BCUT2D eigenvalue weighted by atomic mass is 10.1.